The van der Waals surface area contributed by atoms with Crippen molar-refractivity contribution in [3.8, 4) is 11.3 Å². The van der Waals surface area contributed by atoms with Crippen LogP contribution in [0, 0.1) is 0 Å². The number of rotatable bonds is 8. The van der Waals surface area contributed by atoms with Crippen LogP contribution >= 0.6 is 27.5 Å². The monoisotopic (exact) mass is 536 g/mol. The average Bonchev–Trinajstić information content (AvgIpc) is 3.45. The second-order valence-electron chi connectivity index (χ2n) is 7.87. The number of aromatic nitrogens is 4. The Morgan fingerprint density at radius 1 is 1.09 bits per heavy atom. The predicted octanol–water partition coefficient (Wildman–Crippen LogP) is 5.92. The Hall–Kier alpha value is -3.36. The molecule has 0 aliphatic carbocycles. The minimum absolute atomic E-state index is 0.0629. The normalized spacial score (nSPS) is 11.2. The summed E-state index contributed by atoms with van der Waals surface area (Å²) in [6.07, 6.45) is 5.20. The molecule has 1 amide bonds. The van der Waals surface area contributed by atoms with Gasteiger partial charge in [0.25, 0.3) is 5.91 Å². The number of nitrogens with zero attached hydrogens (tertiary/aromatic N) is 3. The molecule has 7 nitrogen and oxygen atoms in total. The summed E-state index contributed by atoms with van der Waals surface area (Å²) in [4.78, 5) is 20.4. The fraction of sp³-hybridized carbons (Fsp3) is 0.160. The molecule has 3 N–H and O–H groups in total. The topological polar surface area (TPSA) is 87.1 Å². The number of benzene rings is 2. The van der Waals surface area contributed by atoms with Crippen molar-refractivity contribution in [3.63, 3.8) is 0 Å². The number of fused-ring (bicyclic) bond motifs is 2. The van der Waals surface area contributed by atoms with Crippen LogP contribution in [0.15, 0.2) is 71.5 Å². The van der Waals surface area contributed by atoms with Crippen LogP contribution in [-0.2, 0) is 0 Å². The highest BCUT2D eigenvalue weighted by Crippen LogP contribution is 2.30. The Labute approximate surface area is 209 Å². The van der Waals surface area contributed by atoms with E-state index in [1.54, 1.807) is 16.9 Å². The van der Waals surface area contributed by atoms with Crippen molar-refractivity contribution < 1.29 is 4.79 Å². The van der Waals surface area contributed by atoms with E-state index in [9.17, 15) is 4.79 Å². The summed E-state index contributed by atoms with van der Waals surface area (Å²) in [7, 11) is 0. The summed E-state index contributed by atoms with van der Waals surface area (Å²) in [5, 5.41) is 12.5. The van der Waals surface area contributed by atoms with Crippen molar-refractivity contribution in [2.75, 3.05) is 18.4 Å². The molecule has 0 saturated heterocycles. The summed E-state index contributed by atoms with van der Waals surface area (Å²) in [6.45, 7) is 1.32. The third kappa shape index (κ3) is 4.51. The lowest BCUT2D eigenvalue weighted by molar-refractivity contribution is 0.0955. The average molecular weight is 538 g/mol. The van der Waals surface area contributed by atoms with Gasteiger partial charge in [-0.15, -0.1) is 0 Å². The smallest absolute Gasteiger partial charge is 0.253 e. The number of hydrogen-bond acceptors (Lipinski definition) is 4. The Kier molecular flexibility index (Phi) is 6.51. The second-order valence-corrected chi connectivity index (χ2v) is 9.13. The molecule has 0 spiro atoms. The first-order valence-corrected chi connectivity index (χ1v) is 12.2. The molecule has 5 rings (SSSR count). The van der Waals surface area contributed by atoms with E-state index in [1.165, 1.54) is 0 Å². The van der Waals surface area contributed by atoms with E-state index >= 15 is 0 Å². The number of para-hydroxylation sites is 1. The van der Waals surface area contributed by atoms with Gasteiger partial charge in [0.2, 0.25) is 0 Å². The first-order chi connectivity index (χ1) is 16.6. The first kappa shape index (κ1) is 22.4. The SMILES string of the molecule is O=C(NCCCCNc1cc(-c2ccccc2Cl)nc2c(Br)cnn12)c1c[nH]c2ccccc12. The molecular formula is C25H22BrClN6O. The Balaban J connectivity index is 1.20. The standard InChI is InChI=1S/C25H22BrClN6O/c26-19-15-31-33-23(13-22(32-24(19)33)17-8-1-3-9-20(17)27)28-11-5-6-12-29-25(34)18-14-30-21-10-4-2-7-16(18)21/h1-4,7-10,13-15,28,30H,5-6,11-12H2,(H,29,34). The van der Waals surface area contributed by atoms with E-state index in [0.717, 1.165) is 51.8 Å². The van der Waals surface area contributed by atoms with Gasteiger partial charge >= 0.3 is 0 Å². The van der Waals surface area contributed by atoms with Crippen LogP contribution in [0.1, 0.15) is 23.2 Å². The van der Waals surface area contributed by atoms with Crippen LogP contribution in [0.25, 0.3) is 27.8 Å². The molecule has 0 unspecified atom stereocenters. The van der Waals surface area contributed by atoms with Crippen LogP contribution in [0.2, 0.25) is 5.02 Å². The van der Waals surface area contributed by atoms with Crippen molar-refractivity contribution in [2.24, 2.45) is 0 Å². The number of halogens is 2. The molecule has 3 heterocycles. The summed E-state index contributed by atoms with van der Waals surface area (Å²) >= 11 is 9.93. The number of aromatic amines is 1. The zero-order valence-electron chi connectivity index (χ0n) is 18.2. The summed E-state index contributed by atoms with van der Waals surface area (Å²) in [6, 6.07) is 17.4. The van der Waals surface area contributed by atoms with Crippen LogP contribution < -0.4 is 10.6 Å². The number of carbonyl (C=O) groups is 1. The minimum Gasteiger partial charge on any atom is -0.370 e. The van der Waals surface area contributed by atoms with E-state index in [1.807, 2.05) is 54.6 Å². The molecule has 0 fully saturated rings. The van der Waals surface area contributed by atoms with Gasteiger partial charge in [0.1, 0.15) is 5.82 Å². The zero-order chi connectivity index (χ0) is 23.5. The Morgan fingerprint density at radius 2 is 1.88 bits per heavy atom. The lowest BCUT2D eigenvalue weighted by Gasteiger charge is -2.12. The van der Waals surface area contributed by atoms with Gasteiger partial charge in [-0.05, 0) is 40.9 Å². The summed E-state index contributed by atoms with van der Waals surface area (Å²) in [5.74, 6) is 0.764. The molecule has 34 heavy (non-hydrogen) atoms. The number of amides is 1. The molecule has 9 heteroatoms. The maximum absolute atomic E-state index is 12.5. The number of unbranched alkanes of at least 4 members (excludes halogenated alkanes) is 1. The molecule has 0 atom stereocenters. The van der Waals surface area contributed by atoms with Gasteiger partial charge in [-0.1, -0.05) is 48.0 Å². The van der Waals surface area contributed by atoms with Gasteiger partial charge in [0.05, 0.1) is 21.9 Å². The fourth-order valence-electron chi connectivity index (χ4n) is 3.89. The molecular weight excluding hydrogens is 516 g/mol. The quantitative estimate of drug-likeness (QED) is 0.215. The largest absolute Gasteiger partial charge is 0.370 e. The molecule has 172 valence electrons. The summed E-state index contributed by atoms with van der Waals surface area (Å²) < 4.78 is 2.58. The van der Waals surface area contributed by atoms with E-state index < -0.39 is 0 Å². The van der Waals surface area contributed by atoms with Gasteiger partial charge < -0.3 is 15.6 Å². The van der Waals surface area contributed by atoms with Crippen molar-refractivity contribution >= 4 is 55.8 Å². The molecule has 0 saturated carbocycles. The lowest BCUT2D eigenvalue weighted by Crippen LogP contribution is -2.24. The molecule has 2 aromatic carbocycles. The van der Waals surface area contributed by atoms with Gasteiger partial charge in [-0.25, -0.2) is 4.98 Å². The van der Waals surface area contributed by atoms with Gasteiger partial charge in [-0.3, -0.25) is 4.79 Å². The predicted molar refractivity (Wildman–Crippen MR) is 139 cm³/mol. The first-order valence-electron chi connectivity index (χ1n) is 11.0. The highest BCUT2D eigenvalue weighted by Gasteiger charge is 2.13. The second kappa shape index (κ2) is 9.87. The van der Waals surface area contributed by atoms with E-state index in [4.69, 9.17) is 16.6 Å². The van der Waals surface area contributed by atoms with Crippen molar-refractivity contribution in [1.29, 1.82) is 0 Å². The van der Waals surface area contributed by atoms with E-state index in [-0.39, 0.29) is 5.91 Å². The van der Waals surface area contributed by atoms with Gasteiger partial charge in [-0.2, -0.15) is 9.61 Å². The maximum Gasteiger partial charge on any atom is 0.253 e. The summed E-state index contributed by atoms with van der Waals surface area (Å²) in [5.41, 5.74) is 3.98. The van der Waals surface area contributed by atoms with Crippen LogP contribution in [0.5, 0.6) is 0 Å². The molecule has 0 bridgehead atoms. The molecule has 5 aromatic rings. The van der Waals surface area contributed by atoms with Crippen LogP contribution in [-0.4, -0.2) is 38.6 Å². The number of anilines is 1. The highest BCUT2D eigenvalue weighted by molar-refractivity contribution is 9.10. The highest BCUT2D eigenvalue weighted by atomic mass is 79.9. The van der Waals surface area contributed by atoms with Crippen LogP contribution in [0.4, 0.5) is 5.82 Å². The molecule has 0 radical (unpaired) electrons. The third-order valence-electron chi connectivity index (χ3n) is 5.61. The van der Waals surface area contributed by atoms with E-state index in [2.05, 4.69) is 36.6 Å². The fourth-order valence-corrected chi connectivity index (χ4v) is 4.47. The van der Waals surface area contributed by atoms with Gasteiger partial charge in [0.15, 0.2) is 5.65 Å². The Morgan fingerprint density at radius 3 is 2.76 bits per heavy atom. The van der Waals surface area contributed by atoms with Crippen molar-refractivity contribution in [1.82, 2.24) is 24.9 Å². The Bertz CT molecular complexity index is 1480. The van der Waals surface area contributed by atoms with Crippen LogP contribution in [0.3, 0.4) is 0 Å². The number of nitrogens with one attached hydrogen (secondary N) is 3. The molecule has 3 aromatic heterocycles. The lowest BCUT2D eigenvalue weighted by atomic mass is 10.1. The third-order valence-corrected chi connectivity index (χ3v) is 6.50. The number of carbonyl (C=O) groups excluding carboxylic acids is 1. The molecule has 0 aliphatic heterocycles. The number of H-pyrrole nitrogens is 1. The minimum atomic E-state index is -0.0629. The van der Waals surface area contributed by atoms with Crippen molar-refractivity contribution in [3.05, 3.63) is 82.0 Å². The maximum atomic E-state index is 12.5. The van der Waals surface area contributed by atoms with Gasteiger partial charge in [0, 0.05) is 46.8 Å². The zero-order valence-corrected chi connectivity index (χ0v) is 20.5. The number of hydrogen-bond donors (Lipinski definition) is 3. The van der Waals surface area contributed by atoms with E-state index in [0.29, 0.717) is 22.8 Å². The molecule has 0 aliphatic rings. The van der Waals surface area contributed by atoms with Crippen molar-refractivity contribution in [2.45, 2.75) is 12.8 Å².